The smallest absolute Gasteiger partial charge is 0.236 e. The predicted octanol–water partition coefficient (Wildman–Crippen LogP) is 0.199. The first kappa shape index (κ1) is 12.6. The number of hydrogen-bond acceptors (Lipinski definition) is 5. The number of aromatic nitrogens is 2. The van der Waals surface area contributed by atoms with Gasteiger partial charge in [-0.15, -0.1) is 0 Å². The highest BCUT2D eigenvalue weighted by atomic mass is 16.5. The summed E-state index contributed by atoms with van der Waals surface area (Å²) in [6.45, 7) is 6.08. The molecule has 0 fully saturated rings. The summed E-state index contributed by atoms with van der Waals surface area (Å²) in [5.41, 5.74) is 5.40. The molecule has 0 saturated heterocycles. The quantitative estimate of drug-likeness (QED) is 0.748. The first-order valence-corrected chi connectivity index (χ1v) is 5.36. The zero-order valence-corrected chi connectivity index (χ0v) is 9.86. The normalized spacial score (nSPS) is 12.8. The minimum atomic E-state index is -0.492. The van der Waals surface area contributed by atoms with E-state index in [0.717, 1.165) is 0 Å². The molecule has 16 heavy (non-hydrogen) atoms. The van der Waals surface area contributed by atoms with Crippen LogP contribution in [0.2, 0.25) is 0 Å². The maximum atomic E-state index is 11.1. The van der Waals surface area contributed by atoms with Gasteiger partial charge >= 0.3 is 0 Å². The van der Waals surface area contributed by atoms with Crippen LogP contribution in [0.25, 0.3) is 0 Å². The molecule has 0 aliphatic carbocycles. The van der Waals surface area contributed by atoms with Gasteiger partial charge in [0, 0.05) is 18.9 Å². The molecule has 6 heteroatoms. The van der Waals surface area contributed by atoms with Crippen molar-refractivity contribution in [3.63, 3.8) is 0 Å². The molecule has 0 aliphatic heterocycles. The van der Waals surface area contributed by atoms with Gasteiger partial charge in [0.15, 0.2) is 5.82 Å². The average molecular weight is 226 g/mol. The fourth-order valence-electron chi connectivity index (χ4n) is 1.06. The lowest BCUT2D eigenvalue weighted by Crippen LogP contribution is -2.39. The Morgan fingerprint density at radius 1 is 1.50 bits per heavy atom. The van der Waals surface area contributed by atoms with Crippen LogP contribution in [0.3, 0.4) is 0 Å². The number of hydrogen-bond donors (Lipinski definition) is 2. The van der Waals surface area contributed by atoms with Gasteiger partial charge in [0.1, 0.15) is 0 Å². The maximum Gasteiger partial charge on any atom is 0.236 e. The minimum Gasteiger partial charge on any atom is -0.354 e. The van der Waals surface area contributed by atoms with Crippen LogP contribution in [0.4, 0.5) is 0 Å². The molecule has 1 rings (SSSR count). The molecule has 0 spiro atoms. The molecule has 0 radical (unpaired) electrons. The summed E-state index contributed by atoms with van der Waals surface area (Å²) in [7, 11) is 0. The van der Waals surface area contributed by atoms with Gasteiger partial charge in [0.25, 0.3) is 0 Å². The van der Waals surface area contributed by atoms with Crippen LogP contribution >= 0.6 is 0 Å². The van der Waals surface area contributed by atoms with Gasteiger partial charge in [-0.25, -0.2) is 0 Å². The Morgan fingerprint density at radius 2 is 2.19 bits per heavy atom. The van der Waals surface area contributed by atoms with Gasteiger partial charge in [0.2, 0.25) is 11.8 Å². The Bertz CT molecular complexity index is 346. The van der Waals surface area contributed by atoms with E-state index in [0.29, 0.717) is 24.7 Å². The molecule has 1 atom stereocenters. The lowest BCUT2D eigenvalue weighted by Gasteiger charge is -2.05. The first-order valence-electron chi connectivity index (χ1n) is 5.36. The molecule has 0 aliphatic rings. The molecule has 1 amide bonds. The van der Waals surface area contributed by atoms with Crippen molar-refractivity contribution in [2.45, 2.75) is 39.2 Å². The van der Waals surface area contributed by atoms with Gasteiger partial charge in [-0.1, -0.05) is 19.0 Å². The second-order valence-corrected chi connectivity index (χ2v) is 4.03. The Labute approximate surface area is 94.6 Å². The van der Waals surface area contributed by atoms with E-state index in [1.54, 1.807) is 6.92 Å². The van der Waals surface area contributed by atoms with Crippen molar-refractivity contribution in [3.05, 3.63) is 11.7 Å². The molecule has 90 valence electrons. The number of nitrogens with zero attached hydrogens (tertiary/aromatic N) is 2. The van der Waals surface area contributed by atoms with E-state index in [1.165, 1.54) is 0 Å². The number of carbonyl (C=O) groups is 1. The topological polar surface area (TPSA) is 94.0 Å². The molecule has 3 N–H and O–H groups in total. The van der Waals surface area contributed by atoms with Crippen LogP contribution in [0, 0.1) is 0 Å². The summed E-state index contributed by atoms with van der Waals surface area (Å²) in [4.78, 5) is 15.3. The number of nitrogens with two attached hydrogens (primary N) is 1. The van der Waals surface area contributed by atoms with Crippen molar-refractivity contribution in [2.24, 2.45) is 5.73 Å². The van der Waals surface area contributed by atoms with Crippen LogP contribution < -0.4 is 11.1 Å². The van der Waals surface area contributed by atoms with Crippen LogP contribution in [0.15, 0.2) is 4.52 Å². The molecule has 0 bridgehead atoms. The maximum absolute atomic E-state index is 11.1. The zero-order chi connectivity index (χ0) is 12.1. The van der Waals surface area contributed by atoms with Gasteiger partial charge in [0.05, 0.1) is 6.04 Å². The Hall–Kier alpha value is -1.43. The van der Waals surface area contributed by atoms with E-state index in [9.17, 15) is 4.79 Å². The van der Waals surface area contributed by atoms with E-state index in [-0.39, 0.29) is 11.8 Å². The van der Waals surface area contributed by atoms with Crippen molar-refractivity contribution < 1.29 is 9.32 Å². The second kappa shape index (κ2) is 5.60. The molecule has 0 aromatic carbocycles. The SMILES string of the molecule is CC(C)c1noc(CCNC(=O)[C@@H](C)N)n1. The highest BCUT2D eigenvalue weighted by Crippen LogP contribution is 2.09. The molecule has 1 aromatic heterocycles. The Balaban J connectivity index is 2.35. The Morgan fingerprint density at radius 3 is 2.69 bits per heavy atom. The molecular formula is C10H18N4O2. The molecule has 1 heterocycles. The van der Waals surface area contributed by atoms with Crippen LogP contribution in [0.1, 0.15) is 38.4 Å². The number of carbonyl (C=O) groups excluding carboxylic acids is 1. The summed E-state index contributed by atoms with van der Waals surface area (Å²) >= 11 is 0. The second-order valence-electron chi connectivity index (χ2n) is 4.03. The first-order chi connectivity index (χ1) is 7.50. The monoisotopic (exact) mass is 226 g/mol. The van der Waals surface area contributed by atoms with Crippen LogP contribution in [0.5, 0.6) is 0 Å². The van der Waals surface area contributed by atoms with E-state index in [4.69, 9.17) is 10.3 Å². The number of amides is 1. The fourth-order valence-corrected chi connectivity index (χ4v) is 1.06. The van der Waals surface area contributed by atoms with Gasteiger partial charge < -0.3 is 15.6 Å². The molecule has 0 unspecified atom stereocenters. The lowest BCUT2D eigenvalue weighted by molar-refractivity contribution is -0.121. The van der Waals surface area contributed by atoms with Crippen molar-refractivity contribution in [1.82, 2.24) is 15.5 Å². The van der Waals surface area contributed by atoms with E-state index >= 15 is 0 Å². The molecule has 1 aromatic rings. The summed E-state index contributed by atoms with van der Waals surface area (Å²) in [6.07, 6.45) is 0.526. The van der Waals surface area contributed by atoms with Crippen molar-refractivity contribution in [1.29, 1.82) is 0 Å². The standard InChI is InChI=1S/C10H18N4O2/c1-6(2)9-13-8(16-14-9)4-5-12-10(15)7(3)11/h6-7H,4-5,11H2,1-3H3,(H,12,15)/t7-/m1/s1. The van der Waals surface area contributed by atoms with Gasteiger partial charge in [-0.3, -0.25) is 4.79 Å². The van der Waals surface area contributed by atoms with Crippen LogP contribution in [-0.4, -0.2) is 28.6 Å². The van der Waals surface area contributed by atoms with Crippen molar-refractivity contribution in [3.8, 4) is 0 Å². The minimum absolute atomic E-state index is 0.177. The van der Waals surface area contributed by atoms with Crippen molar-refractivity contribution in [2.75, 3.05) is 6.54 Å². The third kappa shape index (κ3) is 3.62. The summed E-state index contributed by atoms with van der Waals surface area (Å²) in [6, 6.07) is -0.492. The summed E-state index contributed by atoms with van der Waals surface area (Å²) < 4.78 is 5.02. The highest BCUT2D eigenvalue weighted by molar-refractivity contribution is 5.80. The summed E-state index contributed by atoms with van der Waals surface area (Å²) in [5.74, 6) is 1.29. The largest absolute Gasteiger partial charge is 0.354 e. The van der Waals surface area contributed by atoms with Gasteiger partial charge in [-0.05, 0) is 6.92 Å². The third-order valence-corrected chi connectivity index (χ3v) is 2.05. The third-order valence-electron chi connectivity index (χ3n) is 2.05. The van der Waals surface area contributed by atoms with Crippen LogP contribution in [-0.2, 0) is 11.2 Å². The van der Waals surface area contributed by atoms with Gasteiger partial charge in [-0.2, -0.15) is 4.98 Å². The average Bonchev–Trinajstić information content (AvgIpc) is 2.66. The van der Waals surface area contributed by atoms with E-state index in [1.807, 2.05) is 13.8 Å². The molecule has 6 nitrogen and oxygen atoms in total. The summed E-state index contributed by atoms with van der Waals surface area (Å²) in [5, 5.41) is 6.50. The molecular weight excluding hydrogens is 208 g/mol. The van der Waals surface area contributed by atoms with E-state index < -0.39 is 6.04 Å². The lowest BCUT2D eigenvalue weighted by atomic mass is 10.2. The Kier molecular flexibility index (Phi) is 4.42. The zero-order valence-electron chi connectivity index (χ0n) is 9.86. The predicted molar refractivity (Wildman–Crippen MR) is 58.8 cm³/mol. The van der Waals surface area contributed by atoms with E-state index in [2.05, 4.69) is 15.5 Å². The molecule has 0 saturated carbocycles. The number of rotatable bonds is 5. The highest BCUT2D eigenvalue weighted by Gasteiger charge is 2.10. The van der Waals surface area contributed by atoms with Crippen molar-refractivity contribution >= 4 is 5.91 Å². The number of nitrogens with one attached hydrogen (secondary N) is 1. The fraction of sp³-hybridized carbons (Fsp3) is 0.700.